The molecular weight excluding hydrogens is 340 g/mol. The number of unbranched alkanes of at least 4 members (excludes halogenated alkanes) is 1. The van der Waals surface area contributed by atoms with Gasteiger partial charge in [0.25, 0.3) is 0 Å². The largest absolute Gasteiger partial charge is 0.481 e. The van der Waals surface area contributed by atoms with Gasteiger partial charge in [-0.1, -0.05) is 19.1 Å². The molecule has 2 N–H and O–H groups in total. The lowest BCUT2D eigenvalue weighted by molar-refractivity contribution is -0.137. The van der Waals surface area contributed by atoms with Crippen molar-refractivity contribution in [3.8, 4) is 0 Å². The average Bonchev–Trinajstić information content (AvgIpc) is 3.24. The summed E-state index contributed by atoms with van der Waals surface area (Å²) in [4.78, 5) is 22.0. The van der Waals surface area contributed by atoms with Crippen molar-refractivity contribution in [3.05, 3.63) is 12.2 Å². The number of carboxylic acid groups (broad SMARTS) is 1. The Balaban J connectivity index is 1.48. The number of hydrogen-bond acceptors (Lipinski definition) is 6. The summed E-state index contributed by atoms with van der Waals surface area (Å²) < 4.78 is 16.6. The number of hydrogen-bond donors (Lipinski definition) is 2. The van der Waals surface area contributed by atoms with E-state index in [9.17, 15) is 9.59 Å². The predicted octanol–water partition coefficient (Wildman–Crippen LogP) is 2.09. The van der Waals surface area contributed by atoms with Gasteiger partial charge < -0.3 is 19.3 Å². The highest BCUT2D eigenvalue weighted by atomic mass is 16.7. The first-order valence-electron chi connectivity index (χ1n) is 9.25. The quantitative estimate of drug-likeness (QED) is 0.201. The number of allylic oxidation sites excluding steroid dienone is 2. The van der Waals surface area contributed by atoms with E-state index in [1.807, 2.05) is 13.0 Å². The number of carbonyl (C=O) groups excluding carboxylic acids is 1. The number of nitrogens with zero attached hydrogens (tertiary/aromatic N) is 1. The predicted molar refractivity (Wildman–Crippen MR) is 92.8 cm³/mol. The van der Waals surface area contributed by atoms with Crippen molar-refractivity contribution >= 4 is 18.3 Å². The van der Waals surface area contributed by atoms with Crippen LogP contribution in [0, 0.1) is 11.8 Å². The summed E-state index contributed by atoms with van der Waals surface area (Å²) in [7, 11) is 0. The Morgan fingerprint density at radius 1 is 1.19 bits per heavy atom. The van der Waals surface area contributed by atoms with Crippen LogP contribution in [0.15, 0.2) is 17.3 Å². The first-order valence-corrected chi connectivity index (χ1v) is 9.25. The van der Waals surface area contributed by atoms with E-state index in [0.717, 1.165) is 19.3 Å². The molecule has 3 aliphatic rings. The van der Waals surface area contributed by atoms with Gasteiger partial charge in [0, 0.05) is 24.5 Å². The first kappa shape index (κ1) is 18.8. The highest BCUT2D eigenvalue weighted by Crippen LogP contribution is 2.54. The molecule has 8 heteroatoms. The van der Waals surface area contributed by atoms with Crippen molar-refractivity contribution in [2.45, 2.75) is 63.4 Å². The van der Waals surface area contributed by atoms with Gasteiger partial charge in [-0.05, 0) is 25.7 Å². The summed E-state index contributed by atoms with van der Waals surface area (Å²) in [5.74, 6) is -0.436. The van der Waals surface area contributed by atoms with Gasteiger partial charge in [0.1, 0.15) is 12.2 Å². The highest BCUT2D eigenvalue weighted by molar-refractivity contribution is 5.70. The highest BCUT2D eigenvalue weighted by Gasteiger charge is 2.68. The zero-order chi connectivity index (χ0) is 18.5. The third-order valence-electron chi connectivity index (χ3n) is 5.00. The molecule has 0 unspecified atom stereocenters. The van der Waals surface area contributed by atoms with Crippen LogP contribution in [0.3, 0.4) is 0 Å². The van der Waals surface area contributed by atoms with Gasteiger partial charge in [-0.15, -0.1) is 0 Å². The van der Waals surface area contributed by atoms with Crippen LogP contribution in [0.2, 0.25) is 0 Å². The third-order valence-corrected chi connectivity index (χ3v) is 5.00. The fraction of sp³-hybridized carbons (Fsp3) is 0.722. The van der Waals surface area contributed by atoms with Crippen LogP contribution in [-0.4, -0.2) is 54.4 Å². The number of carboxylic acids is 1. The molecule has 3 heterocycles. The number of rotatable bonds is 10. The molecule has 0 aromatic heterocycles. The lowest BCUT2D eigenvalue weighted by Crippen LogP contribution is -2.34. The summed E-state index contributed by atoms with van der Waals surface area (Å²) >= 11 is 0. The summed E-state index contributed by atoms with van der Waals surface area (Å²) in [6.45, 7) is 2.29. The minimum Gasteiger partial charge on any atom is -0.481 e. The van der Waals surface area contributed by atoms with E-state index < -0.39 is 12.1 Å². The second-order valence-electron chi connectivity index (χ2n) is 6.89. The summed E-state index contributed by atoms with van der Waals surface area (Å²) in [5.41, 5.74) is 2.39. The number of ether oxygens (including phenoxy) is 3. The van der Waals surface area contributed by atoms with Crippen molar-refractivity contribution in [1.82, 2.24) is 5.43 Å². The molecular formula is C18H26N2O6. The first-order chi connectivity index (χ1) is 12.6. The fourth-order valence-corrected chi connectivity index (χ4v) is 3.75. The van der Waals surface area contributed by atoms with Crippen LogP contribution in [0.5, 0.6) is 0 Å². The SMILES string of the molecule is CCCOC(=O)NN=C[C@@H]1[C@H](C/C=C\CCCC(=O)O)[C@H]2O[C@@H]1[C@H]1O[C@H]12. The van der Waals surface area contributed by atoms with Crippen molar-refractivity contribution < 1.29 is 28.9 Å². The zero-order valence-corrected chi connectivity index (χ0v) is 14.9. The normalized spacial score (nSPS) is 34.3. The van der Waals surface area contributed by atoms with Crippen LogP contribution < -0.4 is 5.43 Å². The average molecular weight is 366 g/mol. The van der Waals surface area contributed by atoms with E-state index in [1.54, 1.807) is 6.21 Å². The Morgan fingerprint density at radius 3 is 2.73 bits per heavy atom. The molecule has 0 aromatic rings. The van der Waals surface area contributed by atoms with E-state index in [2.05, 4.69) is 16.6 Å². The number of fused-ring (bicyclic) bond motifs is 5. The number of carbonyl (C=O) groups is 2. The number of nitrogens with one attached hydrogen (secondary N) is 1. The minimum atomic E-state index is -0.766. The molecule has 6 atom stereocenters. The van der Waals surface area contributed by atoms with Gasteiger partial charge in [-0.25, -0.2) is 10.2 Å². The molecule has 0 aromatic carbocycles. The van der Waals surface area contributed by atoms with Crippen LogP contribution in [0.4, 0.5) is 4.79 Å². The third kappa shape index (κ3) is 4.42. The molecule has 3 saturated heterocycles. The molecule has 0 spiro atoms. The lowest BCUT2D eigenvalue weighted by atomic mass is 9.78. The van der Waals surface area contributed by atoms with Gasteiger partial charge >= 0.3 is 12.1 Å². The van der Waals surface area contributed by atoms with E-state index in [-0.39, 0.29) is 42.7 Å². The van der Waals surface area contributed by atoms with E-state index in [0.29, 0.717) is 13.0 Å². The van der Waals surface area contributed by atoms with Gasteiger partial charge in [0.2, 0.25) is 0 Å². The van der Waals surface area contributed by atoms with E-state index >= 15 is 0 Å². The number of epoxide rings is 1. The summed E-state index contributed by atoms with van der Waals surface area (Å²) in [6.07, 6.45) is 8.85. The Morgan fingerprint density at radius 2 is 1.96 bits per heavy atom. The lowest BCUT2D eigenvalue weighted by Gasteiger charge is -2.21. The number of hydrazone groups is 1. The van der Waals surface area contributed by atoms with Crippen molar-refractivity contribution in [2.24, 2.45) is 16.9 Å². The molecule has 3 fully saturated rings. The molecule has 0 saturated carbocycles. The van der Waals surface area contributed by atoms with Gasteiger partial charge in [0.05, 0.1) is 18.8 Å². The van der Waals surface area contributed by atoms with Crippen molar-refractivity contribution in [1.29, 1.82) is 0 Å². The van der Waals surface area contributed by atoms with Crippen LogP contribution in [0.25, 0.3) is 0 Å². The molecule has 8 nitrogen and oxygen atoms in total. The molecule has 144 valence electrons. The number of amides is 1. The minimum absolute atomic E-state index is 0.00683. The number of aliphatic carboxylic acids is 1. The Labute approximate surface area is 152 Å². The molecule has 2 bridgehead atoms. The second kappa shape index (κ2) is 8.64. The topological polar surface area (TPSA) is 110 Å². The monoisotopic (exact) mass is 366 g/mol. The van der Waals surface area contributed by atoms with Gasteiger partial charge in [0.15, 0.2) is 0 Å². The van der Waals surface area contributed by atoms with Crippen LogP contribution in [0.1, 0.15) is 39.0 Å². The molecule has 0 radical (unpaired) electrons. The van der Waals surface area contributed by atoms with E-state index in [4.69, 9.17) is 19.3 Å². The molecule has 26 heavy (non-hydrogen) atoms. The zero-order valence-electron chi connectivity index (χ0n) is 14.9. The summed E-state index contributed by atoms with van der Waals surface area (Å²) in [6, 6.07) is 0. The Bertz CT molecular complexity index is 578. The maximum absolute atomic E-state index is 11.5. The fourth-order valence-electron chi connectivity index (χ4n) is 3.75. The molecule has 1 amide bonds. The van der Waals surface area contributed by atoms with Crippen LogP contribution >= 0.6 is 0 Å². The Hall–Kier alpha value is -1.93. The van der Waals surface area contributed by atoms with Crippen molar-refractivity contribution in [3.63, 3.8) is 0 Å². The van der Waals surface area contributed by atoms with Gasteiger partial charge in [-0.3, -0.25) is 4.79 Å². The molecule has 3 aliphatic heterocycles. The maximum Gasteiger partial charge on any atom is 0.427 e. The Kier molecular flexibility index (Phi) is 6.26. The molecule has 0 aliphatic carbocycles. The van der Waals surface area contributed by atoms with Crippen molar-refractivity contribution in [2.75, 3.05) is 6.61 Å². The standard InChI is InChI=1S/C18H26N2O6/c1-2-9-24-18(23)20-19-10-12-11(7-5-3-4-6-8-13(21)22)14-16-17(26-16)15(12)25-14/h3,5,10-12,14-17H,2,4,6-9H2,1H3,(H,20,23)(H,21,22)/b5-3-,19-10?/t11-,12+,14+,15-,16-,17+/m0/s1. The molecule has 3 rings (SSSR count). The second-order valence-corrected chi connectivity index (χ2v) is 6.89. The van der Waals surface area contributed by atoms with E-state index in [1.165, 1.54) is 0 Å². The van der Waals surface area contributed by atoms with Crippen LogP contribution in [-0.2, 0) is 19.0 Å². The smallest absolute Gasteiger partial charge is 0.427 e. The maximum atomic E-state index is 11.5. The summed E-state index contributed by atoms with van der Waals surface area (Å²) in [5, 5.41) is 12.7. The van der Waals surface area contributed by atoms with Gasteiger partial charge in [-0.2, -0.15) is 5.10 Å².